The van der Waals surface area contributed by atoms with E-state index in [1.807, 2.05) is 63.7 Å². The molecule has 1 aromatic carbocycles. The number of carbonyl (C=O) groups is 3. The van der Waals surface area contributed by atoms with Gasteiger partial charge in [-0.15, -0.1) is 16.4 Å². The Morgan fingerprint density at radius 3 is 2.45 bits per heavy atom. The highest BCUT2D eigenvalue weighted by atomic mass is 32.1. The number of aliphatic hydroxyl groups is 1. The van der Waals surface area contributed by atoms with Crippen LogP contribution >= 0.6 is 11.3 Å². The van der Waals surface area contributed by atoms with E-state index in [1.165, 1.54) is 4.90 Å². The molecule has 42 heavy (non-hydrogen) atoms. The molecule has 2 N–H and O–H groups in total. The minimum atomic E-state index is -0.783. The second-order valence-electron chi connectivity index (χ2n) is 12.1. The maximum absolute atomic E-state index is 14.0. The van der Waals surface area contributed by atoms with Gasteiger partial charge in [-0.3, -0.25) is 9.59 Å². The highest BCUT2D eigenvalue weighted by Gasteiger charge is 2.43. The molecule has 0 bridgehead atoms. The molecule has 1 aliphatic heterocycles. The zero-order valence-corrected chi connectivity index (χ0v) is 25.5. The Morgan fingerprint density at radius 1 is 1.12 bits per heavy atom. The van der Waals surface area contributed by atoms with Gasteiger partial charge in [-0.05, 0) is 56.6 Å². The van der Waals surface area contributed by atoms with Crippen molar-refractivity contribution in [2.75, 3.05) is 6.54 Å². The second-order valence-corrected chi connectivity index (χ2v) is 12.9. The first-order valence-corrected chi connectivity index (χ1v) is 15.7. The molecule has 10 nitrogen and oxygen atoms in total. The van der Waals surface area contributed by atoms with E-state index in [0.717, 1.165) is 59.4 Å². The molecule has 11 heteroatoms. The Kier molecular flexibility index (Phi) is 9.17. The average molecular weight is 593 g/mol. The Morgan fingerprint density at radius 2 is 1.83 bits per heavy atom. The predicted molar refractivity (Wildman–Crippen MR) is 160 cm³/mol. The third-order valence-corrected chi connectivity index (χ3v) is 9.70. The first-order chi connectivity index (χ1) is 20.2. The zero-order chi connectivity index (χ0) is 30.0. The van der Waals surface area contributed by atoms with E-state index in [2.05, 4.69) is 20.6 Å². The third kappa shape index (κ3) is 6.32. The first-order valence-electron chi connectivity index (χ1n) is 14.8. The van der Waals surface area contributed by atoms with Crippen LogP contribution in [0, 0.1) is 18.8 Å². The molecule has 3 aromatic rings. The summed E-state index contributed by atoms with van der Waals surface area (Å²) in [6.45, 7) is 7.88. The maximum atomic E-state index is 14.0. The van der Waals surface area contributed by atoms with Crippen molar-refractivity contribution in [3.05, 3.63) is 52.9 Å². The number of amides is 2. The van der Waals surface area contributed by atoms with Gasteiger partial charge in [0.15, 0.2) is 0 Å². The van der Waals surface area contributed by atoms with Crippen molar-refractivity contribution in [1.29, 1.82) is 0 Å². The standard InChI is InChI=1S/C31H40N6O4S/c1-18(2)28(37-15-26(34-35-37)23-7-5-21(16-38)6-8-23)31(41)36-14-25(39)13-27(36)30(40)33-19(3)22-9-11-24(12-10-22)29-20(4)32-17-42-29/h9-12,15-19,21,23,25,27-28,39H,5-8,13-14H2,1-4H3,(H,33,40)/t19-,21?,23?,25+,27-,28-/m0/s1. The molecule has 0 radical (unpaired) electrons. The maximum Gasteiger partial charge on any atom is 0.248 e. The van der Waals surface area contributed by atoms with Crippen molar-refractivity contribution >= 4 is 29.4 Å². The minimum absolute atomic E-state index is 0.0919. The quantitative estimate of drug-likeness (QED) is 0.356. The van der Waals surface area contributed by atoms with Gasteiger partial charge < -0.3 is 20.1 Å². The highest BCUT2D eigenvalue weighted by Crippen LogP contribution is 2.35. The van der Waals surface area contributed by atoms with Gasteiger partial charge in [0.1, 0.15) is 18.4 Å². The lowest BCUT2D eigenvalue weighted by molar-refractivity contribution is -0.142. The van der Waals surface area contributed by atoms with Crippen molar-refractivity contribution in [1.82, 2.24) is 30.2 Å². The number of aldehydes is 1. The number of nitrogens with zero attached hydrogens (tertiary/aromatic N) is 5. The monoisotopic (exact) mass is 592 g/mol. The number of aliphatic hydroxyl groups excluding tert-OH is 1. The molecule has 5 rings (SSSR count). The van der Waals surface area contributed by atoms with Crippen molar-refractivity contribution in [3.63, 3.8) is 0 Å². The summed E-state index contributed by atoms with van der Waals surface area (Å²) in [5, 5.41) is 22.3. The number of aryl methyl sites for hydroxylation is 1. The first kappa shape index (κ1) is 30.0. The molecule has 2 aliphatic rings. The zero-order valence-electron chi connectivity index (χ0n) is 24.6. The number of thiazole rings is 1. The van der Waals surface area contributed by atoms with Crippen LogP contribution < -0.4 is 5.32 Å². The molecule has 1 saturated carbocycles. The molecule has 224 valence electrons. The number of aromatic nitrogens is 4. The smallest absolute Gasteiger partial charge is 0.248 e. The molecular weight excluding hydrogens is 552 g/mol. The number of β-amino-alcohol motifs (C(OH)–C–C–N with tert-alkyl or cyclic N) is 1. The van der Waals surface area contributed by atoms with E-state index in [0.29, 0.717) is 0 Å². The number of hydrogen-bond acceptors (Lipinski definition) is 8. The molecule has 2 aromatic heterocycles. The number of carbonyl (C=O) groups excluding carboxylic acids is 3. The predicted octanol–water partition coefficient (Wildman–Crippen LogP) is 4.22. The largest absolute Gasteiger partial charge is 0.391 e. The van der Waals surface area contributed by atoms with Gasteiger partial charge in [0.2, 0.25) is 11.8 Å². The summed E-state index contributed by atoms with van der Waals surface area (Å²) in [6.07, 6.45) is 5.70. The van der Waals surface area contributed by atoms with Gasteiger partial charge >= 0.3 is 0 Å². The summed E-state index contributed by atoms with van der Waals surface area (Å²) in [7, 11) is 0. The lowest BCUT2D eigenvalue weighted by Crippen LogP contribution is -2.49. The fraction of sp³-hybridized carbons (Fsp3) is 0.548. The SMILES string of the molecule is Cc1ncsc1-c1ccc([C@H](C)NC(=O)[C@@H]2C[C@@H](O)CN2C(=O)[C@H](C(C)C)n2cc(C3CCC(C=O)CC3)nn2)cc1. The van der Waals surface area contributed by atoms with E-state index in [4.69, 9.17) is 0 Å². The lowest BCUT2D eigenvalue weighted by atomic mass is 9.81. The minimum Gasteiger partial charge on any atom is -0.391 e. The van der Waals surface area contributed by atoms with Crippen LogP contribution in [0.25, 0.3) is 10.4 Å². The molecule has 2 fully saturated rings. The number of benzene rings is 1. The summed E-state index contributed by atoms with van der Waals surface area (Å²) in [4.78, 5) is 45.5. The summed E-state index contributed by atoms with van der Waals surface area (Å²) in [5.41, 5.74) is 5.68. The van der Waals surface area contributed by atoms with Crippen LogP contribution in [0.5, 0.6) is 0 Å². The van der Waals surface area contributed by atoms with Crippen LogP contribution in [0.15, 0.2) is 36.0 Å². The molecule has 0 spiro atoms. The lowest BCUT2D eigenvalue weighted by Gasteiger charge is -2.30. The summed E-state index contributed by atoms with van der Waals surface area (Å²) in [6, 6.07) is 6.33. The van der Waals surface area contributed by atoms with Crippen LogP contribution in [-0.4, -0.2) is 66.8 Å². The number of nitrogens with one attached hydrogen (secondary N) is 1. The topological polar surface area (TPSA) is 130 Å². The number of rotatable bonds is 9. The van der Waals surface area contributed by atoms with Crippen molar-refractivity contribution in [3.8, 4) is 10.4 Å². The van der Waals surface area contributed by atoms with Gasteiger partial charge in [-0.1, -0.05) is 43.3 Å². The van der Waals surface area contributed by atoms with Crippen LogP contribution in [0.4, 0.5) is 0 Å². The molecule has 0 unspecified atom stereocenters. The summed E-state index contributed by atoms with van der Waals surface area (Å²) >= 11 is 1.60. The highest BCUT2D eigenvalue weighted by molar-refractivity contribution is 7.13. The van der Waals surface area contributed by atoms with Gasteiger partial charge in [0, 0.05) is 31.0 Å². The molecule has 1 aliphatic carbocycles. The Bertz CT molecular complexity index is 1390. The van der Waals surface area contributed by atoms with E-state index in [1.54, 1.807) is 16.0 Å². The van der Waals surface area contributed by atoms with Crippen LogP contribution in [0.1, 0.15) is 87.8 Å². The summed E-state index contributed by atoms with van der Waals surface area (Å²) < 4.78 is 1.61. The fourth-order valence-corrected chi connectivity index (χ4v) is 7.05. The van der Waals surface area contributed by atoms with E-state index in [9.17, 15) is 19.5 Å². The Labute approximate surface area is 250 Å². The van der Waals surface area contributed by atoms with Gasteiger partial charge in [0.25, 0.3) is 0 Å². The van der Waals surface area contributed by atoms with Gasteiger partial charge in [-0.2, -0.15) is 0 Å². The third-order valence-electron chi connectivity index (χ3n) is 8.72. The molecule has 2 amide bonds. The van der Waals surface area contributed by atoms with Gasteiger partial charge in [0.05, 0.1) is 33.9 Å². The number of likely N-dealkylation sites (tertiary alicyclic amines) is 1. The van der Waals surface area contributed by atoms with Crippen molar-refractivity contribution in [2.24, 2.45) is 11.8 Å². The Balaban J connectivity index is 1.27. The van der Waals surface area contributed by atoms with Crippen LogP contribution in [0.3, 0.4) is 0 Å². The second kappa shape index (κ2) is 12.8. The molecule has 4 atom stereocenters. The Hall–Kier alpha value is -3.44. The van der Waals surface area contributed by atoms with Crippen molar-refractivity contribution < 1.29 is 19.5 Å². The number of hydrogen-bond donors (Lipinski definition) is 2. The van der Waals surface area contributed by atoms with E-state index >= 15 is 0 Å². The van der Waals surface area contributed by atoms with Crippen LogP contribution in [0.2, 0.25) is 0 Å². The summed E-state index contributed by atoms with van der Waals surface area (Å²) in [5.74, 6) is -0.324. The molecule has 1 saturated heterocycles. The van der Waals surface area contributed by atoms with E-state index in [-0.39, 0.29) is 48.6 Å². The van der Waals surface area contributed by atoms with E-state index < -0.39 is 18.2 Å². The molecule has 3 heterocycles. The van der Waals surface area contributed by atoms with Crippen molar-refractivity contribution in [2.45, 2.75) is 89.9 Å². The fourth-order valence-electron chi connectivity index (χ4n) is 6.24. The average Bonchev–Trinajstić information content (AvgIpc) is 3.73. The normalized spacial score (nSPS) is 24.0. The van der Waals surface area contributed by atoms with Gasteiger partial charge in [-0.25, -0.2) is 9.67 Å². The molecular formula is C31H40N6O4S. The van der Waals surface area contributed by atoms with Crippen LogP contribution in [-0.2, 0) is 14.4 Å².